The van der Waals surface area contributed by atoms with Crippen molar-refractivity contribution in [2.45, 2.75) is 6.54 Å². The van der Waals surface area contributed by atoms with Crippen molar-refractivity contribution in [1.29, 1.82) is 0 Å². The van der Waals surface area contributed by atoms with Crippen LogP contribution in [0.5, 0.6) is 0 Å². The zero-order valence-electron chi connectivity index (χ0n) is 6.58. The van der Waals surface area contributed by atoms with Crippen LogP contribution >= 0.6 is 15.9 Å². The molecule has 1 heterocycles. The lowest BCUT2D eigenvalue weighted by Gasteiger charge is -2.06. The lowest BCUT2D eigenvalue weighted by Crippen LogP contribution is -2.13. The fourth-order valence-electron chi connectivity index (χ4n) is 0.733. The van der Waals surface area contributed by atoms with Gasteiger partial charge in [0.25, 0.3) is 0 Å². The van der Waals surface area contributed by atoms with Gasteiger partial charge in [-0.05, 0) is 36.1 Å². The molecule has 0 spiro atoms. The third kappa shape index (κ3) is 2.95. The number of nitrogens with zero attached hydrogens (tertiary/aromatic N) is 3. The number of rotatable bonds is 2. The Kier molecular flexibility index (Phi) is 2.96. The lowest BCUT2D eigenvalue weighted by molar-refractivity contribution is 0.390. The summed E-state index contributed by atoms with van der Waals surface area (Å²) in [6.45, 7) is 0.777. The summed E-state index contributed by atoms with van der Waals surface area (Å²) in [5.41, 5.74) is 0. The molecule has 0 saturated carbocycles. The molecular formula is C7H10BrN3. The van der Waals surface area contributed by atoms with Crippen LogP contribution < -0.4 is 0 Å². The number of hydrogen-bond donors (Lipinski definition) is 0. The summed E-state index contributed by atoms with van der Waals surface area (Å²) >= 11 is 3.28. The van der Waals surface area contributed by atoms with Gasteiger partial charge in [-0.2, -0.15) is 0 Å². The highest BCUT2D eigenvalue weighted by molar-refractivity contribution is 9.10. The predicted molar refractivity (Wildman–Crippen MR) is 47.1 cm³/mol. The quantitative estimate of drug-likeness (QED) is 0.697. The third-order valence-electron chi connectivity index (χ3n) is 1.13. The minimum absolute atomic E-state index is 0.777. The van der Waals surface area contributed by atoms with Crippen LogP contribution in [-0.4, -0.2) is 29.0 Å². The molecule has 0 N–H and O–H groups in total. The van der Waals surface area contributed by atoms with E-state index >= 15 is 0 Å². The maximum atomic E-state index is 4.18. The van der Waals surface area contributed by atoms with Gasteiger partial charge in [-0.15, -0.1) is 0 Å². The fourth-order valence-corrected chi connectivity index (χ4v) is 1.06. The molecule has 0 saturated heterocycles. The first-order valence-electron chi connectivity index (χ1n) is 3.30. The Morgan fingerprint density at radius 2 is 2.27 bits per heavy atom. The van der Waals surface area contributed by atoms with Crippen molar-refractivity contribution in [3.8, 4) is 0 Å². The molecule has 1 rings (SSSR count). The average molecular weight is 216 g/mol. The predicted octanol–water partition coefficient (Wildman–Crippen LogP) is 1.30. The van der Waals surface area contributed by atoms with Crippen molar-refractivity contribution in [3.63, 3.8) is 0 Å². The second kappa shape index (κ2) is 3.78. The molecule has 60 valence electrons. The molecule has 4 heteroatoms. The molecule has 1 aromatic rings. The van der Waals surface area contributed by atoms with E-state index in [4.69, 9.17) is 0 Å². The summed E-state index contributed by atoms with van der Waals surface area (Å²) in [6.07, 6.45) is 1.75. The van der Waals surface area contributed by atoms with Crippen LogP contribution in [0.25, 0.3) is 0 Å². The molecule has 0 amide bonds. The second-order valence-corrected chi connectivity index (χ2v) is 3.35. The molecule has 0 fully saturated rings. The monoisotopic (exact) mass is 215 g/mol. The van der Waals surface area contributed by atoms with Gasteiger partial charge in [0.2, 0.25) is 0 Å². The van der Waals surface area contributed by atoms with Gasteiger partial charge in [-0.25, -0.2) is 9.97 Å². The summed E-state index contributed by atoms with van der Waals surface area (Å²) in [5.74, 6) is 0.837. The fraction of sp³-hybridized carbons (Fsp3) is 0.429. The summed E-state index contributed by atoms with van der Waals surface area (Å²) in [7, 11) is 3.98. The Hall–Kier alpha value is -0.480. The SMILES string of the molecule is CN(C)Cc1nccc(Br)n1. The Balaban J connectivity index is 2.71. The molecule has 11 heavy (non-hydrogen) atoms. The summed E-state index contributed by atoms with van der Waals surface area (Å²) < 4.78 is 0.837. The van der Waals surface area contributed by atoms with Crippen LogP contribution in [0.1, 0.15) is 5.82 Å². The van der Waals surface area contributed by atoms with Gasteiger partial charge in [0.1, 0.15) is 10.4 Å². The van der Waals surface area contributed by atoms with E-state index < -0.39 is 0 Å². The van der Waals surface area contributed by atoms with E-state index in [1.807, 2.05) is 25.1 Å². The van der Waals surface area contributed by atoms with Gasteiger partial charge in [-0.1, -0.05) is 0 Å². The standard InChI is InChI=1S/C7H10BrN3/c1-11(2)5-7-9-4-3-6(8)10-7/h3-4H,5H2,1-2H3. The average Bonchev–Trinajstić information content (AvgIpc) is 1.85. The largest absolute Gasteiger partial charge is 0.302 e. The Morgan fingerprint density at radius 3 is 2.82 bits per heavy atom. The molecule has 0 radical (unpaired) electrons. The van der Waals surface area contributed by atoms with Gasteiger partial charge in [-0.3, -0.25) is 0 Å². The molecule has 0 aromatic carbocycles. The van der Waals surface area contributed by atoms with Gasteiger partial charge in [0.15, 0.2) is 0 Å². The van der Waals surface area contributed by atoms with Crippen molar-refractivity contribution < 1.29 is 0 Å². The van der Waals surface area contributed by atoms with E-state index in [2.05, 4.69) is 25.9 Å². The van der Waals surface area contributed by atoms with E-state index in [9.17, 15) is 0 Å². The molecule has 0 aliphatic heterocycles. The Bertz CT molecular complexity index is 237. The highest BCUT2D eigenvalue weighted by Crippen LogP contribution is 2.04. The van der Waals surface area contributed by atoms with Crippen LogP contribution in [0.4, 0.5) is 0 Å². The third-order valence-corrected chi connectivity index (χ3v) is 1.57. The Morgan fingerprint density at radius 1 is 1.55 bits per heavy atom. The van der Waals surface area contributed by atoms with E-state index in [1.54, 1.807) is 6.20 Å². The number of hydrogen-bond acceptors (Lipinski definition) is 3. The molecule has 0 bridgehead atoms. The molecule has 0 aliphatic rings. The van der Waals surface area contributed by atoms with Crippen LogP contribution in [0.3, 0.4) is 0 Å². The van der Waals surface area contributed by atoms with Gasteiger partial charge in [0, 0.05) is 6.20 Å². The maximum Gasteiger partial charge on any atom is 0.143 e. The van der Waals surface area contributed by atoms with Crippen molar-refractivity contribution in [2.75, 3.05) is 14.1 Å². The van der Waals surface area contributed by atoms with Gasteiger partial charge < -0.3 is 4.90 Å². The normalized spacial score (nSPS) is 10.5. The summed E-state index contributed by atoms with van der Waals surface area (Å²) in [4.78, 5) is 10.3. The van der Waals surface area contributed by atoms with Crippen LogP contribution in [-0.2, 0) is 6.54 Å². The van der Waals surface area contributed by atoms with Crippen molar-refractivity contribution in [1.82, 2.24) is 14.9 Å². The molecule has 3 nitrogen and oxygen atoms in total. The smallest absolute Gasteiger partial charge is 0.143 e. The first kappa shape index (κ1) is 8.62. The molecule has 0 aliphatic carbocycles. The zero-order chi connectivity index (χ0) is 8.27. The van der Waals surface area contributed by atoms with Crippen LogP contribution in [0, 0.1) is 0 Å². The summed E-state index contributed by atoms with van der Waals surface area (Å²) in [6, 6.07) is 1.82. The topological polar surface area (TPSA) is 29.0 Å². The van der Waals surface area contributed by atoms with Crippen LogP contribution in [0.2, 0.25) is 0 Å². The minimum atomic E-state index is 0.777. The van der Waals surface area contributed by atoms with Gasteiger partial charge >= 0.3 is 0 Å². The van der Waals surface area contributed by atoms with Crippen molar-refractivity contribution in [2.24, 2.45) is 0 Å². The highest BCUT2D eigenvalue weighted by Gasteiger charge is 1.97. The van der Waals surface area contributed by atoms with E-state index in [1.165, 1.54) is 0 Å². The molecule has 0 unspecified atom stereocenters. The van der Waals surface area contributed by atoms with Crippen LogP contribution in [0.15, 0.2) is 16.9 Å². The number of halogens is 1. The number of aromatic nitrogens is 2. The van der Waals surface area contributed by atoms with E-state index in [0.717, 1.165) is 17.0 Å². The first-order chi connectivity index (χ1) is 5.18. The molecule has 1 aromatic heterocycles. The van der Waals surface area contributed by atoms with E-state index in [-0.39, 0.29) is 0 Å². The van der Waals surface area contributed by atoms with E-state index in [0.29, 0.717) is 0 Å². The minimum Gasteiger partial charge on any atom is -0.302 e. The van der Waals surface area contributed by atoms with Gasteiger partial charge in [0.05, 0.1) is 6.54 Å². The lowest BCUT2D eigenvalue weighted by atomic mass is 10.5. The second-order valence-electron chi connectivity index (χ2n) is 2.53. The molecular weight excluding hydrogens is 206 g/mol. The Labute approximate surface area is 74.6 Å². The highest BCUT2D eigenvalue weighted by atomic mass is 79.9. The van der Waals surface area contributed by atoms with Crippen molar-refractivity contribution >= 4 is 15.9 Å². The summed E-state index contributed by atoms with van der Waals surface area (Å²) in [5, 5.41) is 0. The maximum absolute atomic E-state index is 4.18. The first-order valence-corrected chi connectivity index (χ1v) is 4.10. The van der Waals surface area contributed by atoms with Crippen molar-refractivity contribution in [3.05, 3.63) is 22.7 Å². The zero-order valence-corrected chi connectivity index (χ0v) is 8.17. The molecule has 0 atom stereocenters.